The third-order valence-electron chi connectivity index (χ3n) is 2.66. The minimum absolute atomic E-state index is 0.0151. The molecule has 0 bridgehead atoms. The largest absolute Gasteiger partial charge is 0.342 e. The lowest BCUT2D eigenvalue weighted by Crippen LogP contribution is -2.48. The van der Waals surface area contributed by atoms with Crippen LogP contribution < -0.4 is 0 Å². The Kier molecular flexibility index (Phi) is 3.14. The summed E-state index contributed by atoms with van der Waals surface area (Å²) in [6, 6.07) is 3.50. The van der Waals surface area contributed by atoms with Gasteiger partial charge in [0.05, 0.1) is 5.56 Å². The van der Waals surface area contributed by atoms with Gasteiger partial charge in [0.25, 0.3) is 5.91 Å². The van der Waals surface area contributed by atoms with Gasteiger partial charge in [-0.05, 0) is 12.1 Å². The Morgan fingerprint density at radius 2 is 2.06 bits per heavy atom. The predicted molar refractivity (Wildman–Crippen MR) is 57.8 cm³/mol. The van der Waals surface area contributed by atoms with Crippen molar-refractivity contribution in [2.45, 2.75) is 0 Å². The van der Waals surface area contributed by atoms with Crippen LogP contribution in [0, 0.1) is 0 Å². The summed E-state index contributed by atoms with van der Waals surface area (Å²) in [7, 11) is 0. The van der Waals surface area contributed by atoms with Crippen molar-refractivity contribution in [3.05, 3.63) is 30.1 Å². The van der Waals surface area contributed by atoms with Crippen LogP contribution in [0.5, 0.6) is 0 Å². The lowest BCUT2D eigenvalue weighted by molar-refractivity contribution is -0.119. The summed E-state index contributed by atoms with van der Waals surface area (Å²) in [4.78, 5) is 29.8. The van der Waals surface area contributed by atoms with E-state index < -0.39 is 0 Å². The third kappa shape index (κ3) is 2.18. The molecule has 2 amide bonds. The van der Waals surface area contributed by atoms with E-state index in [0.717, 1.165) is 6.41 Å². The van der Waals surface area contributed by atoms with Crippen LogP contribution in [0.1, 0.15) is 10.4 Å². The second kappa shape index (κ2) is 4.74. The maximum atomic E-state index is 12.0. The Balaban J connectivity index is 1.99. The first-order chi connectivity index (χ1) is 7.81. The highest BCUT2D eigenvalue weighted by Crippen LogP contribution is 2.06. The van der Waals surface area contributed by atoms with E-state index in [9.17, 15) is 9.59 Å². The molecule has 2 rings (SSSR count). The number of hydrogen-bond acceptors (Lipinski definition) is 3. The van der Waals surface area contributed by atoms with Crippen molar-refractivity contribution in [3.63, 3.8) is 0 Å². The first-order valence-electron chi connectivity index (χ1n) is 5.20. The molecule has 1 fully saturated rings. The SMILES string of the molecule is O=CN1CCN(C(=O)c2cccnc2)CC1. The monoisotopic (exact) mass is 219 g/mol. The van der Waals surface area contributed by atoms with Crippen molar-refractivity contribution in [2.75, 3.05) is 26.2 Å². The van der Waals surface area contributed by atoms with Gasteiger partial charge in [-0.1, -0.05) is 0 Å². The maximum absolute atomic E-state index is 12.0. The second-order valence-electron chi connectivity index (χ2n) is 3.68. The van der Waals surface area contributed by atoms with Gasteiger partial charge in [0.1, 0.15) is 0 Å². The highest BCUT2D eigenvalue weighted by Gasteiger charge is 2.20. The number of pyridine rings is 1. The highest BCUT2D eigenvalue weighted by molar-refractivity contribution is 5.93. The zero-order chi connectivity index (χ0) is 11.4. The molecule has 0 N–H and O–H groups in total. The Labute approximate surface area is 93.7 Å². The van der Waals surface area contributed by atoms with Gasteiger partial charge in [0.15, 0.2) is 0 Å². The van der Waals surface area contributed by atoms with Crippen LogP contribution in [0.3, 0.4) is 0 Å². The number of carbonyl (C=O) groups excluding carboxylic acids is 2. The Bertz CT molecular complexity index is 372. The van der Waals surface area contributed by atoms with E-state index >= 15 is 0 Å². The molecule has 16 heavy (non-hydrogen) atoms. The maximum Gasteiger partial charge on any atom is 0.255 e. The molecule has 84 valence electrons. The van der Waals surface area contributed by atoms with E-state index in [1.165, 1.54) is 0 Å². The normalized spacial score (nSPS) is 16.0. The lowest BCUT2D eigenvalue weighted by atomic mass is 10.2. The molecule has 1 aromatic rings. The van der Waals surface area contributed by atoms with Gasteiger partial charge in [0, 0.05) is 38.6 Å². The number of rotatable bonds is 2. The number of piperazine rings is 1. The molecule has 5 heteroatoms. The average molecular weight is 219 g/mol. The molecule has 1 aromatic heterocycles. The summed E-state index contributed by atoms with van der Waals surface area (Å²) >= 11 is 0. The van der Waals surface area contributed by atoms with Crippen molar-refractivity contribution in [1.82, 2.24) is 14.8 Å². The summed E-state index contributed by atoms with van der Waals surface area (Å²) in [5, 5.41) is 0. The van der Waals surface area contributed by atoms with Crippen molar-refractivity contribution >= 4 is 12.3 Å². The van der Waals surface area contributed by atoms with E-state index in [4.69, 9.17) is 0 Å². The van der Waals surface area contributed by atoms with Gasteiger partial charge in [-0.2, -0.15) is 0 Å². The average Bonchev–Trinajstić information content (AvgIpc) is 2.39. The quantitative estimate of drug-likeness (QED) is 0.658. The van der Waals surface area contributed by atoms with E-state index in [1.54, 1.807) is 34.3 Å². The van der Waals surface area contributed by atoms with Gasteiger partial charge in [-0.25, -0.2) is 0 Å². The van der Waals surface area contributed by atoms with Gasteiger partial charge in [-0.15, -0.1) is 0 Å². The molecule has 0 atom stereocenters. The molecular formula is C11H13N3O2. The topological polar surface area (TPSA) is 53.5 Å². The summed E-state index contributed by atoms with van der Waals surface area (Å²) in [6.07, 6.45) is 4.03. The molecule has 0 saturated carbocycles. The van der Waals surface area contributed by atoms with Crippen molar-refractivity contribution in [3.8, 4) is 0 Å². The fraction of sp³-hybridized carbons (Fsp3) is 0.364. The molecule has 5 nitrogen and oxygen atoms in total. The van der Waals surface area contributed by atoms with Gasteiger partial charge in [-0.3, -0.25) is 14.6 Å². The first-order valence-corrected chi connectivity index (χ1v) is 5.20. The Hall–Kier alpha value is -1.91. The molecule has 0 aromatic carbocycles. The smallest absolute Gasteiger partial charge is 0.255 e. The van der Waals surface area contributed by atoms with Crippen LogP contribution in [0.4, 0.5) is 0 Å². The molecule has 0 aliphatic carbocycles. The lowest BCUT2D eigenvalue weighted by Gasteiger charge is -2.32. The van der Waals surface area contributed by atoms with E-state index in [-0.39, 0.29) is 5.91 Å². The van der Waals surface area contributed by atoms with Gasteiger partial charge < -0.3 is 9.80 Å². The molecule has 1 aliphatic rings. The van der Waals surface area contributed by atoms with Crippen molar-refractivity contribution in [1.29, 1.82) is 0 Å². The van der Waals surface area contributed by atoms with Crippen LogP contribution in [-0.4, -0.2) is 53.3 Å². The molecular weight excluding hydrogens is 206 g/mol. The van der Waals surface area contributed by atoms with Crippen LogP contribution >= 0.6 is 0 Å². The summed E-state index contributed by atoms with van der Waals surface area (Å²) in [5.41, 5.74) is 0.599. The van der Waals surface area contributed by atoms with Crippen LogP contribution in [0.25, 0.3) is 0 Å². The molecule has 1 aliphatic heterocycles. The number of aromatic nitrogens is 1. The van der Waals surface area contributed by atoms with Crippen molar-refractivity contribution < 1.29 is 9.59 Å². The summed E-state index contributed by atoms with van der Waals surface area (Å²) < 4.78 is 0. The molecule has 2 heterocycles. The minimum Gasteiger partial charge on any atom is -0.342 e. The number of nitrogens with zero attached hydrogens (tertiary/aromatic N) is 3. The second-order valence-corrected chi connectivity index (χ2v) is 3.68. The summed E-state index contributed by atoms with van der Waals surface area (Å²) in [6.45, 7) is 2.39. The van der Waals surface area contributed by atoms with Crippen LogP contribution in [0.15, 0.2) is 24.5 Å². The Morgan fingerprint density at radius 3 is 2.62 bits per heavy atom. The van der Waals surface area contributed by atoms with Crippen LogP contribution in [-0.2, 0) is 4.79 Å². The first kappa shape index (κ1) is 10.6. The Morgan fingerprint density at radius 1 is 1.31 bits per heavy atom. The zero-order valence-corrected chi connectivity index (χ0v) is 8.87. The standard InChI is InChI=1S/C11H13N3O2/c15-9-13-4-6-14(7-5-13)11(16)10-2-1-3-12-8-10/h1-3,8-9H,4-7H2. The van der Waals surface area contributed by atoms with E-state index in [1.807, 2.05) is 0 Å². The minimum atomic E-state index is -0.0151. The van der Waals surface area contributed by atoms with Gasteiger partial charge >= 0.3 is 0 Å². The molecule has 1 saturated heterocycles. The fourth-order valence-electron chi connectivity index (χ4n) is 1.70. The fourth-order valence-corrected chi connectivity index (χ4v) is 1.70. The summed E-state index contributed by atoms with van der Waals surface area (Å²) in [5.74, 6) is -0.0151. The van der Waals surface area contributed by atoms with Crippen LogP contribution in [0.2, 0.25) is 0 Å². The molecule has 0 spiro atoms. The number of hydrogen-bond donors (Lipinski definition) is 0. The number of amides is 2. The third-order valence-corrected chi connectivity index (χ3v) is 2.66. The number of carbonyl (C=O) groups is 2. The van der Waals surface area contributed by atoms with E-state index in [0.29, 0.717) is 31.7 Å². The van der Waals surface area contributed by atoms with Gasteiger partial charge in [0.2, 0.25) is 6.41 Å². The highest BCUT2D eigenvalue weighted by atomic mass is 16.2. The molecule has 0 unspecified atom stereocenters. The van der Waals surface area contributed by atoms with E-state index in [2.05, 4.69) is 4.98 Å². The predicted octanol–water partition coefficient (Wildman–Crippen LogP) is -0.00420. The molecule has 0 radical (unpaired) electrons. The van der Waals surface area contributed by atoms with Crippen molar-refractivity contribution in [2.24, 2.45) is 0 Å². The zero-order valence-electron chi connectivity index (χ0n) is 8.87.